The second-order valence-electron chi connectivity index (χ2n) is 7.84. The third-order valence-corrected chi connectivity index (χ3v) is 5.55. The Labute approximate surface area is 179 Å². The van der Waals surface area contributed by atoms with Crippen molar-refractivity contribution < 1.29 is 9.59 Å². The number of carbonyl (C=O) groups is 2. The summed E-state index contributed by atoms with van der Waals surface area (Å²) in [5.74, 6) is 0.691. The zero-order valence-electron chi connectivity index (χ0n) is 17.2. The second kappa shape index (κ2) is 7.72. The summed E-state index contributed by atoms with van der Waals surface area (Å²) < 4.78 is 0. The van der Waals surface area contributed by atoms with Crippen LogP contribution in [0.25, 0.3) is 22.4 Å². The molecule has 0 unspecified atom stereocenters. The third kappa shape index (κ3) is 3.80. The van der Waals surface area contributed by atoms with Gasteiger partial charge in [-0.3, -0.25) is 9.59 Å². The lowest BCUT2D eigenvalue weighted by atomic mass is 10.1. The molecule has 2 heterocycles. The first-order chi connectivity index (χ1) is 15.1. The summed E-state index contributed by atoms with van der Waals surface area (Å²) in [5, 5.41) is 2.93. The van der Waals surface area contributed by atoms with Crippen molar-refractivity contribution in [3.05, 3.63) is 77.9 Å². The van der Waals surface area contributed by atoms with Gasteiger partial charge in [0.05, 0.1) is 11.0 Å². The van der Waals surface area contributed by atoms with Gasteiger partial charge >= 0.3 is 0 Å². The summed E-state index contributed by atoms with van der Waals surface area (Å²) in [7, 11) is 0. The van der Waals surface area contributed by atoms with Crippen LogP contribution in [-0.4, -0.2) is 28.3 Å². The standard InChI is InChI=1S/C25H22N4O2/c1-16-7-12-21-22(14-16)28-24(27-21)17-8-10-19(11-9-17)26-25(31)18-4-2-5-20(15-18)29-13-3-6-23(29)30/h2,4-5,7-12,14-15H,3,6,13H2,1H3,(H,26,31)(H,27,28). The number of rotatable bonds is 4. The highest BCUT2D eigenvalue weighted by molar-refractivity contribution is 6.05. The van der Waals surface area contributed by atoms with Gasteiger partial charge in [-0.2, -0.15) is 0 Å². The van der Waals surface area contributed by atoms with Crippen molar-refractivity contribution in [1.82, 2.24) is 9.97 Å². The predicted octanol–water partition coefficient (Wildman–Crippen LogP) is 4.92. The molecule has 0 atom stereocenters. The largest absolute Gasteiger partial charge is 0.338 e. The number of nitrogens with zero attached hydrogens (tertiary/aromatic N) is 2. The molecule has 0 bridgehead atoms. The van der Waals surface area contributed by atoms with Crippen LogP contribution >= 0.6 is 0 Å². The molecule has 1 aromatic heterocycles. The molecule has 0 aliphatic carbocycles. The number of hydrogen-bond acceptors (Lipinski definition) is 3. The second-order valence-corrected chi connectivity index (χ2v) is 7.84. The van der Waals surface area contributed by atoms with Crippen molar-refractivity contribution in [2.24, 2.45) is 0 Å². The van der Waals surface area contributed by atoms with E-state index in [1.54, 1.807) is 17.0 Å². The number of fused-ring (bicyclic) bond motifs is 1. The molecule has 0 saturated carbocycles. The Morgan fingerprint density at radius 1 is 1.06 bits per heavy atom. The van der Waals surface area contributed by atoms with Gasteiger partial charge in [-0.05, 0) is 73.5 Å². The highest BCUT2D eigenvalue weighted by Gasteiger charge is 2.22. The van der Waals surface area contributed by atoms with Crippen LogP contribution in [0, 0.1) is 6.92 Å². The summed E-state index contributed by atoms with van der Waals surface area (Å²) >= 11 is 0. The Kier molecular flexibility index (Phi) is 4.75. The molecule has 0 radical (unpaired) electrons. The third-order valence-electron chi connectivity index (χ3n) is 5.55. The van der Waals surface area contributed by atoms with Gasteiger partial charge in [0.2, 0.25) is 5.91 Å². The van der Waals surface area contributed by atoms with E-state index < -0.39 is 0 Å². The Balaban J connectivity index is 1.32. The molecule has 5 rings (SSSR count). The number of H-pyrrole nitrogens is 1. The van der Waals surface area contributed by atoms with Crippen molar-refractivity contribution in [3.8, 4) is 11.4 Å². The van der Waals surface area contributed by atoms with E-state index in [-0.39, 0.29) is 11.8 Å². The van der Waals surface area contributed by atoms with Gasteiger partial charge in [0, 0.05) is 35.5 Å². The summed E-state index contributed by atoms with van der Waals surface area (Å²) in [6, 6.07) is 20.9. The van der Waals surface area contributed by atoms with Gasteiger partial charge < -0.3 is 15.2 Å². The molecule has 3 aromatic carbocycles. The molecule has 0 spiro atoms. The first-order valence-corrected chi connectivity index (χ1v) is 10.4. The minimum absolute atomic E-state index is 0.105. The fourth-order valence-corrected chi connectivity index (χ4v) is 3.91. The van der Waals surface area contributed by atoms with Crippen LogP contribution in [0.4, 0.5) is 11.4 Å². The Morgan fingerprint density at radius 3 is 2.68 bits per heavy atom. The number of carbonyl (C=O) groups excluding carboxylic acids is 2. The molecule has 1 saturated heterocycles. The number of aromatic amines is 1. The molecule has 4 aromatic rings. The highest BCUT2D eigenvalue weighted by Crippen LogP contribution is 2.25. The van der Waals surface area contributed by atoms with E-state index >= 15 is 0 Å². The lowest BCUT2D eigenvalue weighted by Gasteiger charge is -2.16. The van der Waals surface area contributed by atoms with E-state index in [0.717, 1.165) is 34.5 Å². The zero-order chi connectivity index (χ0) is 21.4. The number of imidazole rings is 1. The number of hydrogen-bond donors (Lipinski definition) is 2. The topological polar surface area (TPSA) is 78.1 Å². The normalized spacial score (nSPS) is 13.7. The van der Waals surface area contributed by atoms with Crippen LogP contribution in [0.1, 0.15) is 28.8 Å². The molecule has 2 N–H and O–H groups in total. The molecular weight excluding hydrogens is 388 g/mol. The number of benzene rings is 3. The van der Waals surface area contributed by atoms with Crippen LogP contribution in [0.3, 0.4) is 0 Å². The predicted molar refractivity (Wildman–Crippen MR) is 122 cm³/mol. The van der Waals surface area contributed by atoms with Crippen LogP contribution in [0.15, 0.2) is 66.7 Å². The van der Waals surface area contributed by atoms with Crippen LogP contribution in [0.5, 0.6) is 0 Å². The highest BCUT2D eigenvalue weighted by atomic mass is 16.2. The fourth-order valence-electron chi connectivity index (χ4n) is 3.91. The van der Waals surface area contributed by atoms with Gasteiger partial charge in [-0.15, -0.1) is 0 Å². The summed E-state index contributed by atoms with van der Waals surface area (Å²) in [5.41, 5.74) is 6.04. The molecule has 31 heavy (non-hydrogen) atoms. The van der Waals surface area contributed by atoms with Crippen molar-refractivity contribution in [2.75, 3.05) is 16.8 Å². The Hall–Kier alpha value is -3.93. The number of aryl methyl sites for hydroxylation is 1. The van der Waals surface area contributed by atoms with Crippen LogP contribution in [0.2, 0.25) is 0 Å². The van der Waals surface area contributed by atoms with Crippen molar-refractivity contribution in [2.45, 2.75) is 19.8 Å². The summed E-state index contributed by atoms with van der Waals surface area (Å²) in [6.07, 6.45) is 1.42. The van der Waals surface area contributed by atoms with E-state index in [1.807, 2.05) is 48.5 Å². The average molecular weight is 410 g/mol. The lowest BCUT2D eigenvalue weighted by molar-refractivity contribution is -0.117. The maximum Gasteiger partial charge on any atom is 0.255 e. The number of amides is 2. The SMILES string of the molecule is Cc1ccc2nc(-c3ccc(NC(=O)c4cccc(N5CCCC5=O)c4)cc3)[nH]c2c1. The molecule has 2 amide bonds. The molecule has 6 heteroatoms. The monoisotopic (exact) mass is 410 g/mol. The van der Waals surface area contributed by atoms with Crippen molar-refractivity contribution >= 4 is 34.2 Å². The molecular formula is C25H22N4O2. The van der Waals surface area contributed by atoms with Gasteiger partial charge in [0.15, 0.2) is 0 Å². The van der Waals surface area contributed by atoms with E-state index in [4.69, 9.17) is 0 Å². The van der Waals surface area contributed by atoms with E-state index in [9.17, 15) is 9.59 Å². The molecule has 1 aliphatic heterocycles. The molecule has 1 fully saturated rings. The van der Waals surface area contributed by atoms with Crippen molar-refractivity contribution in [3.63, 3.8) is 0 Å². The fraction of sp³-hybridized carbons (Fsp3) is 0.160. The Morgan fingerprint density at radius 2 is 1.90 bits per heavy atom. The first kappa shape index (κ1) is 19.1. The van der Waals surface area contributed by atoms with Gasteiger partial charge in [0.1, 0.15) is 5.82 Å². The Bertz CT molecular complexity index is 1290. The molecule has 6 nitrogen and oxygen atoms in total. The maximum atomic E-state index is 12.7. The first-order valence-electron chi connectivity index (χ1n) is 10.4. The quantitative estimate of drug-likeness (QED) is 0.501. The van der Waals surface area contributed by atoms with Crippen molar-refractivity contribution in [1.29, 1.82) is 0 Å². The number of anilines is 2. The van der Waals surface area contributed by atoms with Crippen LogP contribution in [-0.2, 0) is 4.79 Å². The number of nitrogens with one attached hydrogen (secondary N) is 2. The summed E-state index contributed by atoms with van der Waals surface area (Å²) in [6.45, 7) is 2.75. The van der Waals surface area contributed by atoms with E-state index in [1.165, 1.54) is 5.56 Å². The summed E-state index contributed by atoms with van der Waals surface area (Å²) in [4.78, 5) is 34.4. The van der Waals surface area contributed by atoms with E-state index in [0.29, 0.717) is 24.2 Å². The molecule has 154 valence electrons. The average Bonchev–Trinajstić information content (AvgIpc) is 3.40. The maximum absolute atomic E-state index is 12.7. The molecule has 1 aliphatic rings. The van der Waals surface area contributed by atoms with Crippen LogP contribution < -0.4 is 10.2 Å². The smallest absolute Gasteiger partial charge is 0.255 e. The zero-order valence-corrected chi connectivity index (χ0v) is 17.2. The minimum atomic E-state index is -0.208. The van der Waals surface area contributed by atoms with Gasteiger partial charge in [0.25, 0.3) is 5.91 Å². The van der Waals surface area contributed by atoms with Gasteiger partial charge in [-0.25, -0.2) is 4.98 Å². The minimum Gasteiger partial charge on any atom is -0.338 e. The number of aromatic nitrogens is 2. The lowest BCUT2D eigenvalue weighted by Crippen LogP contribution is -2.24. The van der Waals surface area contributed by atoms with E-state index in [2.05, 4.69) is 28.3 Å². The van der Waals surface area contributed by atoms with Gasteiger partial charge in [-0.1, -0.05) is 12.1 Å².